The molecule has 0 bridgehead atoms. The van der Waals surface area contributed by atoms with Gasteiger partial charge >= 0.3 is 0 Å². The highest BCUT2D eigenvalue weighted by atomic mass is 32.2. The topological polar surface area (TPSA) is 72.2 Å². The summed E-state index contributed by atoms with van der Waals surface area (Å²) in [5, 5.41) is 0. The van der Waals surface area contributed by atoms with E-state index in [4.69, 9.17) is 5.73 Å². The quantitative estimate of drug-likeness (QED) is 0.820. The van der Waals surface area contributed by atoms with Gasteiger partial charge in [-0.25, -0.2) is 17.5 Å². The lowest BCUT2D eigenvalue weighted by atomic mass is 10.2. The first kappa shape index (κ1) is 15.0. The molecule has 1 aromatic rings. The van der Waals surface area contributed by atoms with Crippen LogP contribution in [0.5, 0.6) is 0 Å². The number of nitrogens with two attached hydrogens (primary N) is 1. The summed E-state index contributed by atoms with van der Waals surface area (Å²) < 4.78 is 40.5. The first-order chi connectivity index (χ1) is 9.47. The second-order valence-corrected chi connectivity index (χ2v) is 6.46. The average Bonchev–Trinajstić information content (AvgIpc) is 3.13. The Balaban J connectivity index is 2.31. The molecule has 3 N–H and O–H groups in total. The number of nitrogens with one attached hydrogen (secondary N) is 1. The Morgan fingerprint density at radius 1 is 1.50 bits per heavy atom. The highest BCUT2D eigenvalue weighted by molar-refractivity contribution is 7.89. The zero-order valence-corrected chi connectivity index (χ0v) is 12.0. The Bertz CT molecular complexity index is 661. The molecule has 1 saturated carbocycles. The predicted octanol–water partition coefficient (Wildman–Crippen LogP) is 1.21. The molecule has 0 saturated heterocycles. The van der Waals surface area contributed by atoms with E-state index in [1.54, 1.807) is 0 Å². The van der Waals surface area contributed by atoms with Gasteiger partial charge in [-0.3, -0.25) is 0 Å². The van der Waals surface area contributed by atoms with E-state index in [-0.39, 0.29) is 23.0 Å². The molecule has 2 unspecified atom stereocenters. The van der Waals surface area contributed by atoms with Crippen molar-refractivity contribution in [2.45, 2.75) is 30.7 Å². The Hall–Kier alpha value is -1.42. The van der Waals surface area contributed by atoms with Crippen molar-refractivity contribution >= 4 is 10.0 Å². The number of rotatable bonds is 4. The number of halogens is 1. The molecule has 1 aliphatic rings. The highest BCUT2D eigenvalue weighted by Crippen LogP contribution is 2.34. The van der Waals surface area contributed by atoms with Gasteiger partial charge < -0.3 is 5.73 Å². The molecule has 0 aliphatic heterocycles. The van der Waals surface area contributed by atoms with Crippen molar-refractivity contribution in [1.82, 2.24) is 4.72 Å². The number of hydrogen-bond acceptors (Lipinski definition) is 3. The summed E-state index contributed by atoms with van der Waals surface area (Å²) in [6.07, 6.45) is 1.79. The van der Waals surface area contributed by atoms with E-state index in [0.717, 1.165) is 25.0 Å². The summed E-state index contributed by atoms with van der Waals surface area (Å²) in [4.78, 5) is 0.00148. The van der Waals surface area contributed by atoms with Crippen LogP contribution in [0.25, 0.3) is 0 Å². The third kappa shape index (κ3) is 3.37. The van der Waals surface area contributed by atoms with Crippen LogP contribution in [0.4, 0.5) is 4.39 Å². The van der Waals surface area contributed by atoms with Crippen molar-refractivity contribution in [3.63, 3.8) is 0 Å². The van der Waals surface area contributed by atoms with Gasteiger partial charge in [-0.05, 0) is 30.5 Å². The molecule has 1 fully saturated rings. The molecule has 0 spiro atoms. The van der Waals surface area contributed by atoms with E-state index in [2.05, 4.69) is 16.6 Å². The first-order valence-corrected chi connectivity index (χ1v) is 7.97. The third-order valence-corrected chi connectivity index (χ3v) is 4.86. The fourth-order valence-corrected chi connectivity index (χ4v) is 3.55. The monoisotopic (exact) mass is 296 g/mol. The molecule has 6 heteroatoms. The summed E-state index contributed by atoms with van der Waals surface area (Å²) in [6, 6.07) is 3.44. The second-order valence-electron chi connectivity index (χ2n) is 4.78. The van der Waals surface area contributed by atoms with Crippen molar-refractivity contribution in [3.05, 3.63) is 29.6 Å². The molecule has 1 aromatic carbocycles. The van der Waals surface area contributed by atoms with Gasteiger partial charge in [-0.15, -0.1) is 0 Å². The Labute approximate surface area is 118 Å². The minimum absolute atomic E-state index is 0.00148. The summed E-state index contributed by atoms with van der Waals surface area (Å²) in [7, 11) is -3.68. The minimum Gasteiger partial charge on any atom is -0.320 e. The third-order valence-electron chi connectivity index (χ3n) is 3.31. The summed E-state index contributed by atoms with van der Waals surface area (Å²) in [5.41, 5.74) is 5.40. The number of sulfonamides is 1. The van der Waals surface area contributed by atoms with Crippen molar-refractivity contribution in [2.24, 2.45) is 11.7 Å². The van der Waals surface area contributed by atoms with Crippen molar-refractivity contribution in [3.8, 4) is 11.8 Å². The van der Waals surface area contributed by atoms with Gasteiger partial charge in [-0.1, -0.05) is 25.2 Å². The van der Waals surface area contributed by atoms with E-state index in [1.807, 2.05) is 6.92 Å². The number of hydrogen-bond donors (Lipinski definition) is 2. The second kappa shape index (κ2) is 5.92. The molecular weight excluding hydrogens is 279 g/mol. The van der Waals surface area contributed by atoms with Crippen LogP contribution in [-0.2, 0) is 10.0 Å². The lowest BCUT2D eigenvalue weighted by molar-refractivity contribution is 0.575. The van der Waals surface area contributed by atoms with Crippen LogP contribution in [-0.4, -0.2) is 21.0 Å². The van der Waals surface area contributed by atoms with E-state index < -0.39 is 15.8 Å². The van der Waals surface area contributed by atoms with Gasteiger partial charge in [-0.2, -0.15) is 0 Å². The lowest BCUT2D eigenvalue weighted by Gasteiger charge is -2.08. The lowest BCUT2D eigenvalue weighted by Crippen LogP contribution is -2.27. The Morgan fingerprint density at radius 3 is 2.85 bits per heavy atom. The molecule has 0 aromatic heterocycles. The maximum absolute atomic E-state index is 13.2. The summed E-state index contributed by atoms with van der Waals surface area (Å²) in [6.45, 7) is 2.11. The normalized spacial score (nSPS) is 21.1. The fraction of sp³-hybridized carbons (Fsp3) is 0.429. The molecule has 0 radical (unpaired) electrons. The van der Waals surface area contributed by atoms with Crippen molar-refractivity contribution < 1.29 is 12.8 Å². The maximum atomic E-state index is 13.2. The molecule has 2 atom stereocenters. The maximum Gasteiger partial charge on any atom is 0.242 e. The Morgan fingerprint density at radius 2 is 2.25 bits per heavy atom. The minimum atomic E-state index is -3.68. The SMILES string of the molecule is CCC1CC1NS(=O)(=O)c1ccc(F)cc1C#CCN. The van der Waals surface area contributed by atoms with Crippen LogP contribution in [0, 0.1) is 23.6 Å². The molecule has 108 valence electrons. The van der Waals surface area contributed by atoms with E-state index in [1.165, 1.54) is 6.07 Å². The van der Waals surface area contributed by atoms with E-state index in [0.29, 0.717) is 5.92 Å². The molecule has 0 amide bonds. The van der Waals surface area contributed by atoms with Gasteiger partial charge in [0.15, 0.2) is 0 Å². The Kier molecular flexibility index (Phi) is 4.43. The van der Waals surface area contributed by atoms with Gasteiger partial charge in [0.2, 0.25) is 10.0 Å². The average molecular weight is 296 g/mol. The van der Waals surface area contributed by atoms with Crippen molar-refractivity contribution in [1.29, 1.82) is 0 Å². The van der Waals surface area contributed by atoms with Crippen LogP contribution in [0.15, 0.2) is 23.1 Å². The van der Waals surface area contributed by atoms with Crippen LogP contribution in [0.1, 0.15) is 25.3 Å². The smallest absolute Gasteiger partial charge is 0.242 e. The first-order valence-electron chi connectivity index (χ1n) is 6.48. The zero-order valence-electron chi connectivity index (χ0n) is 11.2. The number of benzene rings is 1. The van der Waals surface area contributed by atoms with Gasteiger partial charge in [0, 0.05) is 11.6 Å². The summed E-state index contributed by atoms with van der Waals surface area (Å²) in [5.74, 6) is 5.02. The molecule has 0 heterocycles. The predicted molar refractivity (Wildman–Crippen MR) is 74.8 cm³/mol. The molecule has 20 heavy (non-hydrogen) atoms. The largest absolute Gasteiger partial charge is 0.320 e. The highest BCUT2D eigenvalue weighted by Gasteiger charge is 2.39. The summed E-state index contributed by atoms with van der Waals surface area (Å²) >= 11 is 0. The van der Waals surface area contributed by atoms with Gasteiger partial charge in [0.05, 0.1) is 11.4 Å². The van der Waals surface area contributed by atoms with Crippen LogP contribution >= 0.6 is 0 Å². The fourth-order valence-electron chi connectivity index (χ4n) is 2.09. The van der Waals surface area contributed by atoms with Crippen LogP contribution < -0.4 is 10.5 Å². The van der Waals surface area contributed by atoms with Gasteiger partial charge in [0.1, 0.15) is 5.82 Å². The van der Waals surface area contributed by atoms with Crippen LogP contribution in [0.3, 0.4) is 0 Å². The zero-order chi connectivity index (χ0) is 14.8. The van der Waals surface area contributed by atoms with Crippen molar-refractivity contribution in [2.75, 3.05) is 6.54 Å². The van der Waals surface area contributed by atoms with E-state index >= 15 is 0 Å². The molecule has 1 aliphatic carbocycles. The molecule has 4 nitrogen and oxygen atoms in total. The van der Waals surface area contributed by atoms with Gasteiger partial charge in [0.25, 0.3) is 0 Å². The van der Waals surface area contributed by atoms with Crippen LogP contribution in [0.2, 0.25) is 0 Å². The van der Waals surface area contributed by atoms with E-state index in [9.17, 15) is 12.8 Å². The molecule has 2 rings (SSSR count). The molecular formula is C14H17FN2O2S. The standard InChI is InChI=1S/C14H17FN2O2S/c1-2-10-9-13(10)17-20(18,19)14-6-5-12(15)8-11(14)4-3-7-16/h5-6,8,10,13,17H,2,7,9,16H2,1H3.